The smallest absolute Gasteiger partial charge is 0.251 e. The molecular weight excluding hydrogens is 565 g/mol. The van der Waals surface area contributed by atoms with E-state index in [9.17, 15) is 12.8 Å². The first-order valence-electron chi connectivity index (χ1n) is 8.72. The van der Waals surface area contributed by atoms with Crippen molar-refractivity contribution in [3.63, 3.8) is 0 Å². The minimum atomic E-state index is -3.92. The number of terminal acetylenes is 1. The van der Waals surface area contributed by atoms with Gasteiger partial charge in [-0.25, -0.2) is 22.6 Å². The molecular formula is C22H31ClFN5O5S3. The Morgan fingerprint density at radius 2 is 1.57 bits per heavy atom. The summed E-state index contributed by atoms with van der Waals surface area (Å²) in [4.78, 5) is -0.0573. The molecule has 0 saturated carbocycles. The molecule has 0 amide bonds. The first kappa shape index (κ1) is 40.8. The molecule has 0 unspecified atom stereocenters. The molecule has 0 radical (unpaired) electrons. The molecule has 10 nitrogen and oxygen atoms in total. The van der Waals surface area contributed by atoms with E-state index in [1.165, 1.54) is 35.1 Å². The number of nitrogens with two attached hydrogens (primary N) is 3. The van der Waals surface area contributed by atoms with Gasteiger partial charge in [-0.15, -0.1) is 12.3 Å². The predicted molar refractivity (Wildman–Crippen MR) is 156 cm³/mol. The molecule has 37 heavy (non-hydrogen) atoms. The Labute approximate surface area is 232 Å². The Kier molecular flexibility index (Phi) is 21.9. The third-order valence-corrected chi connectivity index (χ3v) is 4.51. The van der Waals surface area contributed by atoms with Crippen molar-refractivity contribution in [3.8, 4) is 29.3 Å². The van der Waals surface area contributed by atoms with Gasteiger partial charge in [0.2, 0.25) is 10.0 Å². The van der Waals surface area contributed by atoms with Gasteiger partial charge in [0.15, 0.2) is 0 Å². The van der Waals surface area contributed by atoms with Gasteiger partial charge in [0.25, 0.3) is 10.3 Å². The minimum Gasteiger partial charge on any atom is -0.487 e. The average molecular weight is 596 g/mol. The molecule has 0 saturated heterocycles. The molecule has 0 spiro atoms. The number of aromatic nitrogens is 2. The SMILES string of the molecule is C.C.C#CC.NC(O)=S.NC(O)=S.NS(=O)(=O)c1ccccc1-n1nccc1-c1ccc(F)c(Cl)c1.O. The molecule has 0 aliphatic carbocycles. The third-order valence-electron chi connectivity index (χ3n) is 3.26. The van der Waals surface area contributed by atoms with Crippen LogP contribution in [0.2, 0.25) is 5.02 Å². The lowest BCUT2D eigenvalue weighted by Crippen LogP contribution is -2.16. The Hall–Kier alpha value is -3.32. The van der Waals surface area contributed by atoms with Gasteiger partial charge in [-0.2, -0.15) is 5.10 Å². The number of nitrogens with zero attached hydrogens (tertiary/aromatic N) is 2. The molecule has 0 aliphatic rings. The number of para-hydroxylation sites is 1. The average Bonchev–Trinajstić information content (AvgIpc) is 3.19. The highest BCUT2D eigenvalue weighted by Gasteiger charge is 2.18. The molecule has 15 heteroatoms. The van der Waals surface area contributed by atoms with E-state index in [0.29, 0.717) is 16.9 Å². The normalized spacial score (nSPS) is 8.73. The van der Waals surface area contributed by atoms with E-state index in [-0.39, 0.29) is 30.2 Å². The summed E-state index contributed by atoms with van der Waals surface area (Å²) in [6, 6.07) is 12.1. The summed E-state index contributed by atoms with van der Waals surface area (Å²) >= 11 is 13.6. The Morgan fingerprint density at radius 3 is 2.00 bits per heavy atom. The largest absolute Gasteiger partial charge is 0.487 e. The highest BCUT2D eigenvalue weighted by Crippen LogP contribution is 2.28. The lowest BCUT2D eigenvalue weighted by molar-refractivity contribution is 0.559. The number of halogens is 2. The molecule has 0 bridgehead atoms. The third kappa shape index (κ3) is 15.4. The van der Waals surface area contributed by atoms with E-state index in [2.05, 4.69) is 53.3 Å². The van der Waals surface area contributed by atoms with Crippen LogP contribution in [-0.4, -0.2) is 44.2 Å². The van der Waals surface area contributed by atoms with E-state index < -0.39 is 26.2 Å². The van der Waals surface area contributed by atoms with Crippen LogP contribution in [0.5, 0.6) is 0 Å². The molecule has 3 rings (SSSR count). The van der Waals surface area contributed by atoms with Crippen LogP contribution in [0.1, 0.15) is 21.8 Å². The number of thiocarbonyl (C=S) groups is 2. The fourth-order valence-electron chi connectivity index (χ4n) is 2.24. The van der Waals surface area contributed by atoms with Crippen molar-refractivity contribution in [3.05, 3.63) is 65.6 Å². The number of sulfonamides is 1. The van der Waals surface area contributed by atoms with Crippen molar-refractivity contribution in [1.82, 2.24) is 9.78 Å². The van der Waals surface area contributed by atoms with E-state index in [0.717, 1.165) is 0 Å². The Morgan fingerprint density at radius 1 is 1.11 bits per heavy atom. The standard InChI is InChI=1S/C15H11ClFN3O2S.C3H4.2CH3NOS.2CH4.H2O/c16-11-9-10(5-6-12(11)17)13-7-8-19-20(13)14-3-1-2-4-15(14)23(18,21)22;1-3-2;2*2-1(3)4;;;/h1-9H,(H2,18,21,22);1H,2H3;2*(H3,2,3,4);2*1H4;1H2. The number of primary sulfonamides is 1. The monoisotopic (exact) mass is 595 g/mol. The zero-order valence-corrected chi connectivity index (χ0v) is 21.3. The van der Waals surface area contributed by atoms with Gasteiger partial charge >= 0.3 is 0 Å². The van der Waals surface area contributed by atoms with Crippen molar-refractivity contribution in [2.45, 2.75) is 26.7 Å². The number of aliphatic hydroxyl groups excluding tert-OH is 2. The van der Waals surface area contributed by atoms with Crippen molar-refractivity contribution >= 4 is 56.4 Å². The second kappa shape index (κ2) is 19.8. The Bertz CT molecular complexity index is 1260. The fourth-order valence-corrected chi connectivity index (χ4v) is 3.14. The summed E-state index contributed by atoms with van der Waals surface area (Å²) in [5.74, 6) is 1.71. The van der Waals surface area contributed by atoms with Crippen molar-refractivity contribution in [2.75, 3.05) is 0 Å². The highest BCUT2D eigenvalue weighted by atomic mass is 35.5. The molecule has 10 N–H and O–H groups in total. The van der Waals surface area contributed by atoms with Gasteiger partial charge < -0.3 is 27.2 Å². The van der Waals surface area contributed by atoms with E-state index >= 15 is 0 Å². The van der Waals surface area contributed by atoms with Gasteiger partial charge in [0.05, 0.1) is 22.6 Å². The van der Waals surface area contributed by atoms with Gasteiger partial charge in [0, 0.05) is 5.56 Å². The number of rotatable bonds is 3. The zero-order chi connectivity index (χ0) is 26.5. The number of hydrogen-bond donors (Lipinski definition) is 5. The lowest BCUT2D eigenvalue weighted by Gasteiger charge is -2.11. The first-order valence-corrected chi connectivity index (χ1v) is 11.5. The van der Waals surface area contributed by atoms with Crippen LogP contribution in [0, 0.1) is 18.2 Å². The second-order valence-corrected chi connectivity index (χ2v) is 8.51. The van der Waals surface area contributed by atoms with Crippen LogP contribution in [-0.2, 0) is 10.0 Å². The number of benzene rings is 2. The maximum atomic E-state index is 13.3. The summed E-state index contributed by atoms with van der Waals surface area (Å²) in [7, 11) is -3.92. The first-order chi connectivity index (χ1) is 15.8. The predicted octanol–water partition coefficient (Wildman–Crippen LogP) is 3.64. The van der Waals surface area contributed by atoms with Gasteiger partial charge in [-0.1, -0.05) is 38.6 Å². The summed E-state index contributed by atoms with van der Waals surface area (Å²) < 4.78 is 38.3. The van der Waals surface area contributed by atoms with Gasteiger partial charge in [-0.3, -0.25) is 0 Å². The summed E-state index contributed by atoms with van der Waals surface area (Å²) in [6.07, 6.45) is 6.10. The van der Waals surface area contributed by atoms with Gasteiger partial charge in [-0.05, 0) is 67.8 Å². The van der Waals surface area contributed by atoms with Crippen LogP contribution in [0.3, 0.4) is 0 Å². The summed E-state index contributed by atoms with van der Waals surface area (Å²) in [5.41, 5.74) is 10.3. The van der Waals surface area contributed by atoms with Crippen LogP contribution in [0.4, 0.5) is 4.39 Å². The topological polar surface area (TPSA) is 202 Å². The van der Waals surface area contributed by atoms with Crippen molar-refractivity contribution in [1.29, 1.82) is 0 Å². The fraction of sp³-hybridized carbons (Fsp3) is 0.136. The molecule has 3 aromatic rings. The molecule has 0 aliphatic heterocycles. The molecule has 2 aromatic carbocycles. The molecule has 1 heterocycles. The zero-order valence-electron chi connectivity index (χ0n) is 18.1. The highest BCUT2D eigenvalue weighted by molar-refractivity contribution is 7.89. The minimum absolute atomic E-state index is 0. The lowest BCUT2D eigenvalue weighted by atomic mass is 10.1. The molecule has 0 atom stereocenters. The second-order valence-electron chi connectivity index (χ2n) is 5.74. The Balaban J connectivity index is -0.000000334. The summed E-state index contributed by atoms with van der Waals surface area (Å²) in [6.45, 7) is 1.65. The molecule has 1 aromatic heterocycles. The van der Waals surface area contributed by atoms with Crippen LogP contribution in [0.25, 0.3) is 16.9 Å². The maximum Gasteiger partial charge on any atom is 0.251 e. The van der Waals surface area contributed by atoms with Gasteiger partial charge in [0.1, 0.15) is 10.7 Å². The number of aliphatic hydroxyl groups is 2. The maximum absolute atomic E-state index is 13.3. The van der Waals surface area contributed by atoms with E-state index in [1.807, 2.05) is 0 Å². The molecule has 0 fully saturated rings. The van der Waals surface area contributed by atoms with Crippen LogP contribution < -0.4 is 16.6 Å². The quantitative estimate of drug-likeness (QED) is 0.221. The van der Waals surface area contributed by atoms with Crippen LogP contribution >= 0.6 is 36.0 Å². The molecule has 206 valence electrons. The van der Waals surface area contributed by atoms with E-state index in [4.69, 9.17) is 27.0 Å². The number of hydrogen-bond acceptors (Lipinski definition) is 5. The van der Waals surface area contributed by atoms with E-state index in [1.54, 1.807) is 31.2 Å². The van der Waals surface area contributed by atoms with Crippen molar-refractivity contribution < 1.29 is 28.5 Å². The summed E-state index contributed by atoms with van der Waals surface area (Å²) in [5, 5.41) is 23.5. The van der Waals surface area contributed by atoms with Crippen molar-refractivity contribution in [2.24, 2.45) is 16.6 Å². The van der Waals surface area contributed by atoms with Crippen LogP contribution in [0.15, 0.2) is 59.6 Å².